The number of hydrogen-bond donors (Lipinski definition) is 0. The standard InChI is InChI=1S/C19H24F2O2/c20-18-16(22-12-3-6-15-7-8-15)9-10-17(19(18)21)23-13-11-14-4-1-2-5-14/h3,6,9-10,14-15H,1-2,4-5,7-8,11-13H2/b6-3+. The second-order valence-corrected chi connectivity index (χ2v) is 6.55. The van der Waals surface area contributed by atoms with Crippen molar-refractivity contribution in [2.75, 3.05) is 13.2 Å². The van der Waals surface area contributed by atoms with E-state index in [0.717, 1.165) is 6.42 Å². The van der Waals surface area contributed by atoms with Gasteiger partial charge in [0.05, 0.1) is 6.61 Å². The third-order valence-electron chi connectivity index (χ3n) is 4.64. The molecule has 0 amide bonds. The maximum Gasteiger partial charge on any atom is 0.204 e. The van der Waals surface area contributed by atoms with Crippen LogP contribution in [0.3, 0.4) is 0 Å². The Hall–Kier alpha value is -1.58. The molecule has 0 aromatic heterocycles. The maximum atomic E-state index is 14.0. The van der Waals surface area contributed by atoms with E-state index in [9.17, 15) is 8.78 Å². The predicted molar refractivity (Wildman–Crippen MR) is 85.8 cm³/mol. The fourth-order valence-electron chi connectivity index (χ4n) is 3.05. The first-order valence-corrected chi connectivity index (χ1v) is 8.64. The summed E-state index contributed by atoms with van der Waals surface area (Å²) in [5.41, 5.74) is 0. The lowest BCUT2D eigenvalue weighted by Gasteiger charge is -2.12. The Morgan fingerprint density at radius 3 is 2.26 bits per heavy atom. The molecule has 2 saturated carbocycles. The van der Waals surface area contributed by atoms with Gasteiger partial charge in [0.2, 0.25) is 11.6 Å². The molecule has 1 aromatic carbocycles. The van der Waals surface area contributed by atoms with Gasteiger partial charge in [-0.1, -0.05) is 37.8 Å². The Bertz CT molecular complexity index is 547. The van der Waals surface area contributed by atoms with Gasteiger partial charge in [-0.2, -0.15) is 8.78 Å². The SMILES string of the molecule is Fc1c(OC/C=C/C2CC2)ccc(OCCC2CCCC2)c1F. The van der Waals surface area contributed by atoms with E-state index in [0.29, 0.717) is 18.4 Å². The van der Waals surface area contributed by atoms with E-state index < -0.39 is 11.6 Å². The lowest BCUT2D eigenvalue weighted by molar-refractivity contribution is 0.260. The van der Waals surface area contributed by atoms with Crippen molar-refractivity contribution in [3.05, 3.63) is 35.9 Å². The van der Waals surface area contributed by atoms with E-state index >= 15 is 0 Å². The van der Waals surface area contributed by atoms with Crippen molar-refractivity contribution < 1.29 is 18.3 Å². The maximum absolute atomic E-state index is 14.0. The summed E-state index contributed by atoms with van der Waals surface area (Å²) in [4.78, 5) is 0. The Morgan fingerprint density at radius 2 is 1.61 bits per heavy atom. The van der Waals surface area contributed by atoms with Gasteiger partial charge in [0.15, 0.2) is 11.5 Å². The van der Waals surface area contributed by atoms with Gasteiger partial charge < -0.3 is 9.47 Å². The van der Waals surface area contributed by atoms with Crippen LogP contribution >= 0.6 is 0 Å². The molecule has 1 aromatic rings. The van der Waals surface area contributed by atoms with Crippen LogP contribution in [0.2, 0.25) is 0 Å². The van der Waals surface area contributed by atoms with Crippen molar-refractivity contribution in [3.63, 3.8) is 0 Å². The van der Waals surface area contributed by atoms with E-state index in [1.165, 1.54) is 50.7 Å². The van der Waals surface area contributed by atoms with E-state index in [1.54, 1.807) is 0 Å². The van der Waals surface area contributed by atoms with Crippen LogP contribution in [0.25, 0.3) is 0 Å². The zero-order chi connectivity index (χ0) is 16.1. The zero-order valence-corrected chi connectivity index (χ0v) is 13.4. The molecule has 0 radical (unpaired) electrons. The third kappa shape index (κ3) is 4.69. The van der Waals surface area contributed by atoms with Crippen molar-refractivity contribution in [3.8, 4) is 11.5 Å². The van der Waals surface area contributed by atoms with Gasteiger partial charge in [0.1, 0.15) is 6.61 Å². The average molecular weight is 322 g/mol. The molecule has 0 atom stereocenters. The molecule has 0 unspecified atom stereocenters. The molecule has 2 aliphatic rings. The smallest absolute Gasteiger partial charge is 0.204 e. The molecule has 4 heteroatoms. The Morgan fingerprint density at radius 1 is 0.957 bits per heavy atom. The summed E-state index contributed by atoms with van der Waals surface area (Å²) in [5.74, 6) is -0.699. The second kappa shape index (κ2) is 7.80. The minimum absolute atomic E-state index is 0.0265. The summed E-state index contributed by atoms with van der Waals surface area (Å²) < 4.78 is 38.7. The van der Waals surface area contributed by atoms with Crippen molar-refractivity contribution in [2.45, 2.75) is 44.9 Å². The lowest BCUT2D eigenvalue weighted by atomic mass is 10.1. The fourth-order valence-corrected chi connectivity index (χ4v) is 3.05. The third-order valence-corrected chi connectivity index (χ3v) is 4.64. The van der Waals surface area contributed by atoms with Crippen LogP contribution in [0.4, 0.5) is 8.78 Å². The Balaban J connectivity index is 1.49. The molecule has 3 rings (SSSR count). The van der Waals surface area contributed by atoms with E-state index in [-0.39, 0.29) is 18.1 Å². The summed E-state index contributed by atoms with van der Waals surface area (Å²) in [7, 11) is 0. The fraction of sp³-hybridized carbons (Fsp3) is 0.579. The lowest BCUT2D eigenvalue weighted by Crippen LogP contribution is -2.06. The molecule has 0 saturated heterocycles. The average Bonchev–Trinajstić information content (AvgIpc) is 3.23. The first-order valence-electron chi connectivity index (χ1n) is 8.64. The number of benzene rings is 1. The second-order valence-electron chi connectivity index (χ2n) is 6.55. The van der Waals surface area contributed by atoms with Crippen molar-refractivity contribution >= 4 is 0 Å². The Kier molecular flexibility index (Phi) is 5.52. The summed E-state index contributed by atoms with van der Waals surface area (Å²) in [6, 6.07) is 2.89. The van der Waals surface area contributed by atoms with Gasteiger partial charge in [-0.05, 0) is 43.2 Å². The Labute approximate surface area is 136 Å². The predicted octanol–water partition coefficient (Wildman–Crippen LogP) is 5.27. The molecule has 2 nitrogen and oxygen atoms in total. The molecular formula is C19H24F2O2. The molecule has 126 valence electrons. The van der Waals surface area contributed by atoms with Crippen LogP contribution in [0.15, 0.2) is 24.3 Å². The van der Waals surface area contributed by atoms with Crippen LogP contribution < -0.4 is 9.47 Å². The number of hydrogen-bond acceptors (Lipinski definition) is 2. The highest BCUT2D eigenvalue weighted by atomic mass is 19.2. The minimum atomic E-state index is -0.969. The van der Waals surface area contributed by atoms with Crippen LogP contribution in [0.1, 0.15) is 44.9 Å². The van der Waals surface area contributed by atoms with E-state index in [1.807, 2.05) is 6.08 Å². The number of rotatable bonds is 8. The molecule has 0 N–H and O–H groups in total. The normalized spacial score (nSPS) is 18.7. The van der Waals surface area contributed by atoms with Crippen LogP contribution in [-0.4, -0.2) is 13.2 Å². The number of halogens is 2. The van der Waals surface area contributed by atoms with Crippen molar-refractivity contribution in [1.29, 1.82) is 0 Å². The van der Waals surface area contributed by atoms with Gasteiger partial charge >= 0.3 is 0 Å². The topological polar surface area (TPSA) is 18.5 Å². The molecule has 0 spiro atoms. The van der Waals surface area contributed by atoms with Gasteiger partial charge in [0, 0.05) is 0 Å². The highest BCUT2D eigenvalue weighted by Crippen LogP contribution is 2.31. The molecule has 23 heavy (non-hydrogen) atoms. The summed E-state index contributed by atoms with van der Waals surface area (Å²) >= 11 is 0. The monoisotopic (exact) mass is 322 g/mol. The van der Waals surface area contributed by atoms with Gasteiger partial charge in [0.25, 0.3) is 0 Å². The summed E-state index contributed by atoms with van der Waals surface area (Å²) in [5, 5.41) is 0. The van der Waals surface area contributed by atoms with Crippen molar-refractivity contribution in [1.82, 2.24) is 0 Å². The highest BCUT2D eigenvalue weighted by Gasteiger charge is 2.18. The molecular weight excluding hydrogens is 298 g/mol. The summed E-state index contributed by atoms with van der Waals surface area (Å²) in [6.45, 7) is 0.695. The van der Waals surface area contributed by atoms with E-state index in [2.05, 4.69) is 6.08 Å². The van der Waals surface area contributed by atoms with Crippen LogP contribution in [0, 0.1) is 23.5 Å². The molecule has 2 aliphatic carbocycles. The van der Waals surface area contributed by atoms with Gasteiger partial charge in [-0.3, -0.25) is 0 Å². The molecule has 2 fully saturated rings. The van der Waals surface area contributed by atoms with Crippen LogP contribution in [0.5, 0.6) is 11.5 Å². The molecule has 0 heterocycles. The largest absolute Gasteiger partial charge is 0.490 e. The first kappa shape index (κ1) is 16.3. The quantitative estimate of drug-likeness (QED) is 0.607. The first-order chi connectivity index (χ1) is 11.2. The molecule has 0 bridgehead atoms. The van der Waals surface area contributed by atoms with Crippen molar-refractivity contribution in [2.24, 2.45) is 11.8 Å². The van der Waals surface area contributed by atoms with E-state index in [4.69, 9.17) is 9.47 Å². The number of allylic oxidation sites excluding steroid dienone is 1. The zero-order valence-electron chi connectivity index (χ0n) is 13.4. The van der Waals surface area contributed by atoms with Gasteiger partial charge in [-0.25, -0.2) is 0 Å². The molecule has 0 aliphatic heterocycles. The van der Waals surface area contributed by atoms with Crippen LogP contribution in [-0.2, 0) is 0 Å². The minimum Gasteiger partial charge on any atom is -0.490 e. The van der Waals surface area contributed by atoms with Gasteiger partial charge in [-0.15, -0.1) is 0 Å². The highest BCUT2D eigenvalue weighted by molar-refractivity contribution is 5.35. The number of ether oxygens (including phenoxy) is 2. The summed E-state index contributed by atoms with van der Waals surface area (Å²) in [6.07, 6.45) is 12.3.